The van der Waals surface area contributed by atoms with Gasteiger partial charge in [-0.3, -0.25) is 4.79 Å². The standard InChI is InChI=1S/C9H7NO2S/c10-6-13-8-3-1-2-7(4-8)5-9(11)12/h1-4H,5H2,(H,11,12). The smallest absolute Gasteiger partial charge is 0.307 e. The highest BCUT2D eigenvalue weighted by Crippen LogP contribution is 2.17. The highest BCUT2D eigenvalue weighted by molar-refractivity contribution is 8.03. The number of thiocyanates is 1. The molecule has 66 valence electrons. The van der Waals surface area contributed by atoms with Crippen LogP contribution < -0.4 is 0 Å². The number of nitriles is 1. The normalized spacial score (nSPS) is 9.15. The first-order valence-corrected chi connectivity index (χ1v) is 4.40. The Labute approximate surface area is 80.0 Å². The molecular weight excluding hydrogens is 186 g/mol. The summed E-state index contributed by atoms with van der Waals surface area (Å²) < 4.78 is 0. The molecule has 0 fully saturated rings. The number of carboxylic acid groups (broad SMARTS) is 1. The molecule has 0 radical (unpaired) electrons. The van der Waals surface area contributed by atoms with Crippen LogP contribution in [-0.2, 0) is 11.2 Å². The maximum absolute atomic E-state index is 10.4. The molecule has 13 heavy (non-hydrogen) atoms. The molecule has 4 heteroatoms. The van der Waals surface area contributed by atoms with Crippen molar-refractivity contribution in [1.29, 1.82) is 5.26 Å². The topological polar surface area (TPSA) is 61.1 Å². The third kappa shape index (κ3) is 3.18. The summed E-state index contributed by atoms with van der Waals surface area (Å²) in [7, 11) is 0. The number of carboxylic acids is 1. The van der Waals surface area contributed by atoms with Gasteiger partial charge in [0.05, 0.1) is 6.42 Å². The molecule has 1 aromatic rings. The van der Waals surface area contributed by atoms with E-state index >= 15 is 0 Å². The van der Waals surface area contributed by atoms with E-state index in [1.165, 1.54) is 0 Å². The predicted octanol–water partition coefficient (Wildman–Crippen LogP) is 1.89. The van der Waals surface area contributed by atoms with E-state index in [4.69, 9.17) is 10.4 Å². The van der Waals surface area contributed by atoms with Crippen LogP contribution in [-0.4, -0.2) is 11.1 Å². The Bertz CT molecular complexity index is 357. The summed E-state index contributed by atoms with van der Waals surface area (Å²) in [4.78, 5) is 11.1. The lowest BCUT2D eigenvalue weighted by Crippen LogP contribution is -1.99. The van der Waals surface area contributed by atoms with Crippen molar-refractivity contribution >= 4 is 17.7 Å². The average molecular weight is 193 g/mol. The van der Waals surface area contributed by atoms with Crippen LogP contribution in [0.1, 0.15) is 5.56 Å². The summed E-state index contributed by atoms with van der Waals surface area (Å²) in [5, 5.41) is 18.8. The Hall–Kier alpha value is -1.47. The fourth-order valence-electron chi connectivity index (χ4n) is 0.946. The predicted molar refractivity (Wildman–Crippen MR) is 49.3 cm³/mol. The van der Waals surface area contributed by atoms with Gasteiger partial charge in [-0.25, -0.2) is 0 Å². The molecule has 0 amide bonds. The minimum absolute atomic E-state index is 0.000170. The van der Waals surface area contributed by atoms with Gasteiger partial charge in [0.25, 0.3) is 0 Å². The number of nitrogens with zero attached hydrogens (tertiary/aromatic N) is 1. The Morgan fingerprint density at radius 3 is 3.00 bits per heavy atom. The van der Waals surface area contributed by atoms with E-state index < -0.39 is 5.97 Å². The number of benzene rings is 1. The van der Waals surface area contributed by atoms with Crippen molar-refractivity contribution in [2.45, 2.75) is 11.3 Å². The first kappa shape index (κ1) is 9.62. The second-order valence-electron chi connectivity index (χ2n) is 2.41. The summed E-state index contributed by atoms with van der Waals surface area (Å²) in [6.07, 6.45) is -0.000170. The van der Waals surface area contributed by atoms with Crippen LogP contribution in [0.2, 0.25) is 0 Å². The van der Waals surface area contributed by atoms with Crippen molar-refractivity contribution in [3.63, 3.8) is 0 Å². The van der Waals surface area contributed by atoms with Crippen LogP contribution in [0.25, 0.3) is 0 Å². The second kappa shape index (κ2) is 4.53. The first-order chi connectivity index (χ1) is 6.22. The maximum atomic E-state index is 10.4. The monoisotopic (exact) mass is 193 g/mol. The van der Waals surface area contributed by atoms with E-state index in [-0.39, 0.29) is 6.42 Å². The van der Waals surface area contributed by atoms with Gasteiger partial charge in [-0.1, -0.05) is 12.1 Å². The van der Waals surface area contributed by atoms with E-state index in [9.17, 15) is 4.79 Å². The number of hydrogen-bond acceptors (Lipinski definition) is 3. The van der Waals surface area contributed by atoms with Gasteiger partial charge in [0.1, 0.15) is 5.40 Å². The van der Waals surface area contributed by atoms with E-state index in [1.54, 1.807) is 24.3 Å². The number of hydrogen-bond donors (Lipinski definition) is 1. The van der Waals surface area contributed by atoms with Crippen molar-refractivity contribution in [3.8, 4) is 5.40 Å². The molecule has 0 spiro atoms. The van der Waals surface area contributed by atoms with Gasteiger partial charge in [0, 0.05) is 4.90 Å². The van der Waals surface area contributed by atoms with Gasteiger partial charge in [-0.15, -0.1) is 0 Å². The zero-order valence-electron chi connectivity index (χ0n) is 6.73. The molecule has 0 aromatic heterocycles. The van der Waals surface area contributed by atoms with E-state index in [0.717, 1.165) is 16.7 Å². The van der Waals surface area contributed by atoms with Crippen LogP contribution in [0.15, 0.2) is 29.2 Å². The molecule has 1 aromatic carbocycles. The lowest BCUT2D eigenvalue weighted by molar-refractivity contribution is -0.136. The summed E-state index contributed by atoms with van der Waals surface area (Å²) in [5.74, 6) is -0.862. The Kier molecular flexibility index (Phi) is 3.35. The van der Waals surface area contributed by atoms with E-state index in [2.05, 4.69) is 0 Å². The fourth-order valence-corrected chi connectivity index (χ4v) is 1.41. The molecule has 0 saturated carbocycles. The summed E-state index contributed by atoms with van der Waals surface area (Å²) >= 11 is 1.03. The third-order valence-electron chi connectivity index (χ3n) is 1.42. The average Bonchev–Trinajstić information content (AvgIpc) is 2.04. The second-order valence-corrected chi connectivity index (χ2v) is 3.27. The molecule has 1 N–H and O–H groups in total. The van der Waals surface area contributed by atoms with Crippen molar-refractivity contribution in [1.82, 2.24) is 0 Å². The molecule has 0 aliphatic rings. The molecular formula is C9H7NO2S. The Morgan fingerprint density at radius 2 is 2.38 bits per heavy atom. The number of thioether (sulfide) groups is 1. The lowest BCUT2D eigenvalue weighted by atomic mass is 10.2. The lowest BCUT2D eigenvalue weighted by Gasteiger charge is -1.98. The van der Waals surface area contributed by atoms with E-state index in [0.29, 0.717) is 5.56 Å². The number of rotatable bonds is 3. The minimum Gasteiger partial charge on any atom is -0.481 e. The van der Waals surface area contributed by atoms with Gasteiger partial charge in [-0.2, -0.15) is 5.26 Å². The highest BCUT2D eigenvalue weighted by atomic mass is 32.2. The van der Waals surface area contributed by atoms with Crippen molar-refractivity contribution in [2.24, 2.45) is 0 Å². The highest BCUT2D eigenvalue weighted by Gasteiger charge is 2.01. The third-order valence-corrected chi connectivity index (χ3v) is 2.00. The van der Waals surface area contributed by atoms with Crippen LogP contribution in [0.5, 0.6) is 0 Å². The summed E-state index contributed by atoms with van der Waals surface area (Å²) in [6.45, 7) is 0. The van der Waals surface area contributed by atoms with Crippen LogP contribution >= 0.6 is 11.8 Å². The van der Waals surface area contributed by atoms with Gasteiger partial charge >= 0.3 is 5.97 Å². The molecule has 3 nitrogen and oxygen atoms in total. The molecule has 0 atom stereocenters. The van der Waals surface area contributed by atoms with Crippen molar-refractivity contribution in [2.75, 3.05) is 0 Å². The van der Waals surface area contributed by atoms with Gasteiger partial charge < -0.3 is 5.11 Å². The van der Waals surface area contributed by atoms with Gasteiger partial charge in [0.15, 0.2) is 0 Å². The maximum Gasteiger partial charge on any atom is 0.307 e. The largest absolute Gasteiger partial charge is 0.481 e. The molecule has 0 aliphatic heterocycles. The Balaban J connectivity index is 2.80. The Morgan fingerprint density at radius 1 is 1.62 bits per heavy atom. The summed E-state index contributed by atoms with van der Waals surface area (Å²) in [6, 6.07) is 6.97. The van der Waals surface area contributed by atoms with Crippen molar-refractivity contribution in [3.05, 3.63) is 29.8 Å². The SMILES string of the molecule is N#CSc1cccc(CC(=O)O)c1. The van der Waals surface area contributed by atoms with Gasteiger partial charge in [0.2, 0.25) is 0 Å². The molecule has 0 aliphatic carbocycles. The molecule has 0 saturated heterocycles. The van der Waals surface area contributed by atoms with Gasteiger partial charge in [-0.05, 0) is 29.5 Å². The molecule has 1 rings (SSSR count). The summed E-state index contributed by atoms with van der Waals surface area (Å²) in [5.41, 5.74) is 0.716. The zero-order valence-corrected chi connectivity index (χ0v) is 7.54. The van der Waals surface area contributed by atoms with Crippen LogP contribution in [0.3, 0.4) is 0 Å². The number of aliphatic carboxylic acids is 1. The number of carbonyl (C=O) groups is 1. The molecule has 0 heterocycles. The van der Waals surface area contributed by atoms with Crippen molar-refractivity contribution < 1.29 is 9.90 Å². The molecule has 0 unspecified atom stereocenters. The van der Waals surface area contributed by atoms with E-state index in [1.807, 2.05) is 5.40 Å². The minimum atomic E-state index is -0.862. The van der Waals surface area contributed by atoms with Crippen LogP contribution in [0.4, 0.5) is 0 Å². The fraction of sp³-hybridized carbons (Fsp3) is 0.111. The quantitative estimate of drug-likeness (QED) is 0.588. The zero-order chi connectivity index (χ0) is 9.68. The first-order valence-electron chi connectivity index (χ1n) is 3.59. The molecule has 0 bridgehead atoms. The van der Waals surface area contributed by atoms with Crippen LogP contribution in [0, 0.1) is 10.7 Å².